The lowest BCUT2D eigenvalue weighted by Gasteiger charge is -2.27. The molecule has 0 aromatic rings. The molecule has 1 rings (SSSR count). The van der Waals surface area contributed by atoms with Gasteiger partial charge in [-0.3, -0.25) is 9.69 Å². The third kappa shape index (κ3) is 2.97. The van der Waals surface area contributed by atoms with Crippen LogP contribution in [-0.2, 0) is 4.79 Å². The Hall–Kier alpha value is -0.610. The van der Waals surface area contributed by atoms with Gasteiger partial charge in [-0.15, -0.1) is 0 Å². The molecule has 0 radical (unpaired) electrons. The number of nitrogens with one attached hydrogen (secondary N) is 1. The highest BCUT2D eigenvalue weighted by atomic mass is 16.2. The highest BCUT2D eigenvalue weighted by Gasteiger charge is 2.20. The molecule has 4 heteroatoms. The van der Waals surface area contributed by atoms with E-state index >= 15 is 0 Å². The van der Waals surface area contributed by atoms with Crippen LogP contribution in [-0.4, -0.2) is 43.0 Å². The summed E-state index contributed by atoms with van der Waals surface area (Å²) in [5.41, 5.74) is 5.64. The number of carbonyl (C=O) groups is 1. The summed E-state index contributed by atoms with van der Waals surface area (Å²) in [6.07, 6.45) is 2.05. The molecule has 1 unspecified atom stereocenters. The molecule has 1 saturated heterocycles. The van der Waals surface area contributed by atoms with E-state index in [1.807, 2.05) is 0 Å². The molecule has 1 fully saturated rings. The van der Waals surface area contributed by atoms with Crippen LogP contribution in [0.15, 0.2) is 0 Å². The van der Waals surface area contributed by atoms with E-state index in [9.17, 15) is 4.79 Å². The number of nitrogens with zero attached hydrogens (tertiary/aromatic N) is 1. The Labute approximate surface area is 79.5 Å². The van der Waals surface area contributed by atoms with Gasteiger partial charge in [-0.2, -0.15) is 0 Å². The van der Waals surface area contributed by atoms with Crippen LogP contribution in [0.25, 0.3) is 0 Å². The van der Waals surface area contributed by atoms with Gasteiger partial charge in [0.2, 0.25) is 5.91 Å². The largest absolute Gasteiger partial charge is 0.355 e. The molecule has 1 aliphatic rings. The zero-order valence-corrected chi connectivity index (χ0v) is 8.25. The Kier molecular flexibility index (Phi) is 4.18. The molecular weight excluding hydrogens is 166 g/mol. The minimum absolute atomic E-state index is 0.129. The van der Waals surface area contributed by atoms with Gasteiger partial charge in [0.05, 0.1) is 6.54 Å². The van der Waals surface area contributed by atoms with Gasteiger partial charge >= 0.3 is 0 Å². The van der Waals surface area contributed by atoms with Gasteiger partial charge in [-0.25, -0.2) is 0 Å². The first-order valence-electron chi connectivity index (χ1n) is 4.98. The van der Waals surface area contributed by atoms with Crippen LogP contribution in [0.2, 0.25) is 0 Å². The minimum atomic E-state index is 0.129. The molecule has 0 spiro atoms. The summed E-state index contributed by atoms with van der Waals surface area (Å²) in [5, 5.41) is 2.86. The minimum Gasteiger partial charge on any atom is -0.355 e. The molecule has 0 aromatic heterocycles. The fourth-order valence-corrected chi connectivity index (χ4v) is 1.71. The average molecular weight is 185 g/mol. The van der Waals surface area contributed by atoms with E-state index in [2.05, 4.69) is 17.1 Å². The van der Waals surface area contributed by atoms with E-state index in [0.717, 1.165) is 25.9 Å². The summed E-state index contributed by atoms with van der Waals surface area (Å²) in [4.78, 5) is 13.4. The summed E-state index contributed by atoms with van der Waals surface area (Å²) in [6.45, 7) is 5.05. The molecule has 3 N–H and O–H groups in total. The second-order valence-corrected chi connectivity index (χ2v) is 3.47. The van der Waals surface area contributed by atoms with Crippen LogP contribution in [0.4, 0.5) is 0 Å². The van der Waals surface area contributed by atoms with E-state index in [1.165, 1.54) is 0 Å². The second kappa shape index (κ2) is 5.19. The van der Waals surface area contributed by atoms with Crippen molar-refractivity contribution in [2.24, 2.45) is 5.73 Å². The molecule has 76 valence electrons. The van der Waals surface area contributed by atoms with Crippen molar-refractivity contribution in [3.63, 3.8) is 0 Å². The molecule has 1 amide bonds. The lowest BCUT2D eigenvalue weighted by Crippen LogP contribution is -2.43. The topological polar surface area (TPSA) is 58.4 Å². The van der Waals surface area contributed by atoms with Crippen LogP contribution in [0, 0.1) is 0 Å². The van der Waals surface area contributed by atoms with Crippen molar-refractivity contribution in [1.29, 1.82) is 0 Å². The van der Waals surface area contributed by atoms with Crippen molar-refractivity contribution < 1.29 is 4.79 Å². The highest BCUT2D eigenvalue weighted by molar-refractivity contribution is 5.78. The number of amides is 1. The van der Waals surface area contributed by atoms with Crippen molar-refractivity contribution >= 4 is 5.91 Å². The van der Waals surface area contributed by atoms with Crippen LogP contribution < -0.4 is 11.1 Å². The Morgan fingerprint density at radius 1 is 1.69 bits per heavy atom. The zero-order chi connectivity index (χ0) is 9.68. The molecule has 1 atom stereocenters. The summed E-state index contributed by atoms with van der Waals surface area (Å²) < 4.78 is 0. The zero-order valence-electron chi connectivity index (χ0n) is 8.25. The Morgan fingerprint density at radius 2 is 2.46 bits per heavy atom. The summed E-state index contributed by atoms with van der Waals surface area (Å²) in [7, 11) is 0. The highest BCUT2D eigenvalue weighted by Crippen LogP contribution is 2.05. The summed E-state index contributed by atoms with van der Waals surface area (Å²) in [6, 6.07) is 0.365. The van der Waals surface area contributed by atoms with Crippen LogP contribution in [0.5, 0.6) is 0 Å². The smallest absolute Gasteiger partial charge is 0.234 e. The second-order valence-electron chi connectivity index (χ2n) is 3.47. The first-order valence-corrected chi connectivity index (χ1v) is 4.98. The number of rotatable bonds is 3. The SMILES string of the molecule is CCC(CN)N1CCCNC(=O)C1. The molecule has 4 nitrogen and oxygen atoms in total. The maximum absolute atomic E-state index is 11.2. The molecule has 0 saturated carbocycles. The summed E-state index contributed by atoms with van der Waals surface area (Å²) in [5.74, 6) is 0.129. The Balaban J connectivity index is 2.50. The van der Waals surface area contributed by atoms with Gasteiger partial charge in [-0.1, -0.05) is 6.92 Å². The quantitative estimate of drug-likeness (QED) is 0.626. The number of nitrogens with two attached hydrogens (primary N) is 1. The molecule has 1 heterocycles. The number of carbonyl (C=O) groups excluding carboxylic acids is 1. The molecule has 13 heavy (non-hydrogen) atoms. The van der Waals surface area contributed by atoms with Crippen molar-refractivity contribution in [2.75, 3.05) is 26.2 Å². The monoisotopic (exact) mass is 185 g/mol. The maximum Gasteiger partial charge on any atom is 0.234 e. The van der Waals surface area contributed by atoms with Gasteiger partial charge in [0, 0.05) is 25.7 Å². The standard InChI is InChI=1S/C9H19N3O/c1-2-8(6-10)12-5-3-4-11-9(13)7-12/h8H,2-7,10H2,1H3,(H,11,13). The van der Waals surface area contributed by atoms with E-state index in [4.69, 9.17) is 5.73 Å². The molecular formula is C9H19N3O. The predicted molar refractivity (Wildman–Crippen MR) is 52.3 cm³/mol. The predicted octanol–water partition coefficient (Wildman–Crippen LogP) is -0.454. The van der Waals surface area contributed by atoms with Crippen molar-refractivity contribution in [3.05, 3.63) is 0 Å². The Bertz CT molecular complexity index is 168. The fraction of sp³-hybridized carbons (Fsp3) is 0.889. The Morgan fingerprint density at radius 3 is 3.08 bits per heavy atom. The third-order valence-electron chi connectivity index (χ3n) is 2.55. The van der Waals surface area contributed by atoms with E-state index in [1.54, 1.807) is 0 Å². The normalized spacial score (nSPS) is 22.2. The lowest BCUT2D eigenvalue weighted by atomic mass is 10.2. The first kappa shape index (κ1) is 10.5. The van der Waals surface area contributed by atoms with Crippen molar-refractivity contribution in [2.45, 2.75) is 25.8 Å². The van der Waals surface area contributed by atoms with Crippen LogP contribution >= 0.6 is 0 Å². The van der Waals surface area contributed by atoms with E-state index in [-0.39, 0.29) is 5.91 Å². The summed E-state index contributed by atoms with van der Waals surface area (Å²) >= 11 is 0. The van der Waals surface area contributed by atoms with Gasteiger partial charge in [0.15, 0.2) is 0 Å². The maximum atomic E-state index is 11.2. The molecule has 0 aromatic carbocycles. The molecule has 0 bridgehead atoms. The van der Waals surface area contributed by atoms with E-state index in [0.29, 0.717) is 19.1 Å². The first-order chi connectivity index (χ1) is 6.27. The van der Waals surface area contributed by atoms with Gasteiger partial charge < -0.3 is 11.1 Å². The third-order valence-corrected chi connectivity index (χ3v) is 2.55. The van der Waals surface area contributed by atoms with Gasteiger partial charge in [-0.05, 0) is 12.8 Å². The van der Waals surface area contributed by atoms with Gasteiger partial charge in [0.25, 0.3) is 0 Å². The van der Waals surface area contributed by atoms with Crippen molar-refractivity contribution in [3.8, 4) is 0 Å². The average Bonchev–Trinajstić information content (AvgIpc) is 2.32. The fourth-order valence-electron chi connectivity index (χ4n) is 1.71. The molecule has 1 aliphatic heterocycles. The number of hydrogen-bond donors (Lipinski definition) is 2. The van der Waals surface area contributed by atoms with Gasteiger partial charge in [0.1, 0.15) is 0 Å². The van der Waals surface area contributed by atoms with Crippen molar-refractivity contribution in [1.82, 2.24) is 10.2 Å². The molecule has 0 aliphatic carbocycles. The lowest BCUT2D eigenvalue weighted by molar-refractivity contribution is -0.121. The van der Waals surface area contributed by atoms with Crippen LogP contribution in [0.1, 0.15) is 19.8 Å². The van der Waals surface area contributed by atoms with Crippen LogP contribution in [0.3, 0.4) is 0 Å². The number of hydrogen-bond acceptors (Lipinski definition) is 3. The van der Waals surface area contributed by atoms with E-state index < -0.39 is 0 Å².